The van der Waals surface area contributed by atoms with E-state index in [1.165, 1.54) is 15.9 Å². The molecule has 2 aromatic carbocycles. The molecule has 0 spiro atoms. The van der Waals surface area contributed by atoms with Crippen molar-refractivity contribution >= 4 is 46.6 Å². The topological polar surface area (TPSA) is 69.9 Å². The summed E-state index contributed by atoms with van der Waals surface area (Å²) >= 11 is 13.6. The molecule has 1 aliphatic heterocycles. The molecule has 34 heavy (non-hydrogen) atoms. The molecule has 9 heteroatoms. The number of fused-ring (bicyclic) bond motifs is 1. The lowest BCUT2D eigenvalue weighted by molar-refractivity contribution is -0.139. The van der Waals surface area contributed by atoms with Gasteiger partial charge in [0.15, 0.2) is 4.80 Å². The molecule has 0 amide bonds. The largest absolute Gasteiger partial charge is 0.494 e. The molecule has 1 aliphatic rings. The smallest absolute Gasteiger partial charge is 0.338 e. The summed E-state index contributed by atoms with van der Waals surface area (Å²) in [5, 5.41) is 0.943. The van der Waals surface area contributed by atoms with Crippen LogP contribution in [0.2, 0.25) is 10.0 Å². The number of benzene rings is 2. The highest BCUT2D eigenvalue weighted by atomic mass is 35.5. The van der Waals surface area contributed by atoms with Crippen molar-refractivity contribution in [2.75, 3.05) is 13.2 Å². The van der Waals surface area contributed by atoms with Crippen molar-refractivity contribution in [2.45, 2.75) is 26.8 Å². The summed E-state index contributed by atoms with van der Waals surface area (Å²) in [5.74, 6) is 0.201. The van der Waals surface area contributed by atoms with Crippen LogP contribution in [0, 0.1) is 0 Å². The number of thiazole rings is 1. The third-order valence-electron chi connectivity index (χ3n) is 5.27. The minimum Gasteiger partial charge on any atom is -0.494 e. The molecule has 0 saturated carbocycles. The molecule has 0 unspecified atom stereocenters. The molecule has 0 radical (unpaired) electrons. The first kappa shape index (κ1) is 24.3. The molecule has 1 aromatic heterocycles. The van der Waals surface area contributed by atoms with Crippen LogP contribution in [0.15, 0.2) is 63.5 Å². The van der Waals surface area contributed by atoms with E-state index in [9.17, 15) is 9.59 Å². The second-order valence-electron chi connectivity index (χ2n) is 7.47. The van der Waals surface area contributed by atoms with Gasteiger partial charge in [0.05, 0.1) is 35.1 Å². The fourth-order valence-electron chi connectivity index (χ4n) is 3.78. The van der Waals surface area contributed by atoms with Crippen LogP contribution in [-0.4, -0.2) is 23.8 Å². The highest BCUT2D eigenvalue weighted by Crippen LogP contribution is 2.31. The molecular formula is C25H22Cl2N2O4S. The van der Waals surface area contributed by atoms with Gasteiger partial charge in [-0.3, -0.25) is 9.36 Å². The fourth-order valence-corrected chi connectivity index (χ4v) is 5.28. The van der Waals surface area contributed by atoms with Gasteiger partial charge in [0.2, 0.25) is 0 Å². The number of carbonyl (C=O) groups is 1. The van der Waals surface area contributed by atoms with Gasteiger partial charge >= 0.3 is 5.97 Å². The van der Waals surface area contributed by atoms with Crippen molar-refractivity contribution in [1.29, 1.82) is 0 Å². The van der Waals surface area contributed by atoms with Crippen molar-refractivity contribution < 1.29 is 14.3 Å². The van der Waals surface area contributed by atoms with Crippen LogP contribution in [0.4, 0.5) is 0 Å². The first-order chi connectivity index (χ1) is 16.3. The van der Waals surface area contributed by atoms with E-state index in [1.807, 2.05) is 31.2 Å². The molecule has 3 aromatic rings. The molecule has 176 valence electrons. The summed E-state index contributed by atoms with van der Waals surface area (Å²) in [6.45, 7) is 6.15. The van der Waals surface area contributed by atoms with E-state index in [0.717, 1.165) is 5.56 Å². The van der Waals surface area contributed by atoms with Crippen molar-refractivity contribution in [1.82, 2.24) is 4.57 Å². The lowest BCUT2D eigenvalue weighted by Gasteiger charge is -2.24. The van der Waals surface area contributed by atoms with E-state index < -0.39 is 12.0 Å². The van der Waals surface area contributed by atoms with Gasteiger partial charge in [-0.25, -0.2) is 9.79 Å². The fraction of sp³-hybridized carbons (Fsp3) is 0.240. The second-order valence-corrected chi connectivity index (χ2v) is 9.32. The van der Waals surface area contributed by atoms with E-state index in [1.54, 1.807) is 38.1 Å². The van der Waals surface area contributed by atoms with Crippen LogP contribution in [0.3, 0.4) is 0 Å². The van der Waals surface area contributed by atoms with Crippen molar-refractivity contribution in [3.63, 3.8) is 0 Å². The summed E-state index contributed by atoms with van der Waals surface area (Å²) in [6, 6.07) is 11.7. The Morgan fingerprint density at radius 2 is 1.88 bits per heavy atom. The number of hydrogen-bond acceptors (Lipinski definition) is 6. The number of allylic oxidation sites excluding steroid dienone is 1. The first-order valence-electron chi connectivity index (χ1n) is 10.7. The van der Waals surface area contributed by atoms with Crippen LogP contribution in [-0.2, 0) is 9.53 Å². The predicted octanol–water partition coefficient (Wildman–Crippen LogP) is 4.50. The van der Waals surface area contributed by atoms with Crippen LogP contribution in [0.25, 0.3) is 6.08 Å². The summed E-state index contributed by atoms with van der Waals surface area (Å²) in [4.78, 5) is 31.6. The minimum absolute atomic E-state index is 0.213. The zero-order valence-electron chi connectivity index (χ0n) is 18.8. The number of rotatable bonds is 6. The molecule has 0 aliphatic carbocycles. The Bertz CT molecular complexity index is 1460. The van der Waals surface area contributed by atoms with Crippen molar-refractivity contribution in [3.05, 3.63) is 94.6 Å². The van der Waals surface area contributed by atoms with Crippen molar-refractivity contribution in [3.8, 4) is 5.75 Å². The number of esters is 1. The minimum atomic E-state index is -0.686. The Hall–Kier alpha value is -2.87. The summed E-state index contributed by atoms with van der Waals surface area (Å²) in [6.07, 6.45) is 1.71. The second kappa shape index (κ2) is 10.2. The number of ether oxygens (including phenoxy) is 2. The van der Waals surface area contributed by atoms with Crippen LogP contribution in [0.1, 0.15) is 37.9 Å². The molecular weight excluding hydrogens is 495 g/mol. The quantitative estimate of drug-likeness (QED) is 0.452. The average Bonchev–Trinajstić information content (AvgIpc) is 3.10. The van der Waals surface area contributed by atoms with Gasteiger partial charge < -0.3 is 9.47 Å². The number of hydrogen-bond donors (Lipinski definition) is 0. The lowest BCUT2D eigenvalue weighted by atomic mass is 9.96. The van der Waals surface area contributed by atoms with Gasteiger partial charge in [-0.1, -0.05) is 52.7 Å². The molecule has 4 rings (SSSR count). The molecule has 0 fully saturated rings. The molecule has 0 N–H and O–H groups in total. The standard InChI is InChI=1S/C25H22Cl2N2O4S/c1-4-32-18-10-7-15(8-11-18)22-21(24(31)33-5-2)14(3)28-25-29(22)23(30)20(34-25)12-16-6-9-17(26)13-19(16)27/h6-13,22H,4-5H2,1-3H3/b20-12-/t22-/m1/s1. The SMILES string of the molecule is CCOC(=O)C1=C(C)N=c2s/c(=C\c3ccc(Cl)cc3Cl)c(=O)n2[C@@H]1c1ccc(OCC)cc1. The monoisotopic (exact) mass is 516 g/mol. The van der Waals surface area contributed by atoms with E-state index in [2.05, 4.69) is 4.99 Å². The van der Waals surface area contributed by atoms with E-state index in [-0.39, 0.29) is 12.2 Å². The van der Waals surface area contributed by atoms with Gasteiger partial charge in [-0.15, -0.1) is 0 Å². The average molecular weight is 517 g/mol. The number of aromatic nitrogens is 1. The van der Waals surface area contributed by atoms with E-state index in [0.29, 0.717) is 48.6 Å². The summed E-state index contributed by atoms with van der Waals surface area (Å²) < 4.78 is 12.8. The normalized spacial score (nSPS) is 15.7. The first-order valence-corrected chi connectivity index (χ1v) is 12.3. The lowest BCUT2D eigenvalue weighted by Crippen LogP contribution is -2.39. The molecule has 0 saturated heterocycles. The Labute approximate surface area is 210 Å². The van der Waals surface area contributed by atoms with E-state index in [4.69, 9.17) is 32.7 Å². The maximum absolute atomic E-state index is 13.6. The Balaban J connectivity index is 1.92. The molecule has 6 nitrogen and oxygen atoms in total. The van der Waals surface area contributed by atoms with Gasteiger partial charge in [-0.05, 0) is 62.2 Å². The highest BCUT2D eigenvalue weighted by molar-refractivity contribution is 7.07. The van der Waals surface area contributed by atoms with Gasteiger partial charge in [0.1, 0.15) is 5.75 Å². The molecule has 2 heterocycles. The number of nitrogens with zero attached hydrogens (tertiary/aromatic N) is 2. The maximum Gasteiger partial charge on any atom is 0.338 e. The summed E-state index contributed by atoms with van der Waals surface area (Å²) in [7, 11) is 0. The van der Waals surface area contributed by atoms with Crippen LogP contribution >= 0.6 is 34.5 Å². The van der Waals surface area contributed by atoms with Gasteiger partial charge in [0, 0.05) is 10.0 Å². The zero-order valence-corrected chi connectivity index (χ0v) is 21.1. The zero-order chi connectivity index (χ0) is 24.4. The molecule has 1 atom stereocenters. The Morgan fingerprint density at radius 3 is 2.53 bits per heavy atom. The van der Waals surface area contributed by atoms with Crippen LogP contribution in [0.5, 0.6) is 5.75 Å². The molecule has 0 bridgehead atoms. The third-order valence-corrected chi connectivity index (χ3v) is 6.82. The Kier molecular flexibility index (Phi) is 7.26. The third kappa shape index (κ3) is 4.69. The Morgan fingerprint density at radius 1 is 1.15 bits per heavy atom. The summed E-state index contributed by atoms with van der Waals surface area (Å²) in [5.41, 5.74) is 1.97. The van der Waals surface area contributed by atoms with Gasteiger partial charge in [-0.2, -0.15) is 0 Å². The van der Waals surface area contributed by atoms with Crippen molar-refractivity contribution in [2.24, 2.45) is 4.99 Å². The van der Waals surface area contributed by atoms with Crippen LogP contribution < -0.4 is 19.6 Å². The highest BCUT2D eigenvalue weighted by Gasteiger charge is 2.33. The van der Waals surface area contributed by atoms with Gasteiger partial charge in [0.25, 0.3) is 5.56 Å². The number of carbonyl (C=O) groups excluding carboxylic acids is 1. The maximum atomic E-state index is 13.6. The van der Waals surface area contributed by atoms with E-state index >= 15 is 0 Å². The predicted molar refractivity (Wildman–Crippen MR) is 134 cm³/mol. The number of halogens is 2.